The number of nitrogens with zero attached hydrogens (tertiary/aromatic N) is 3. The van der Waals surface area contributed by atoms with Gasteiger partial charge in [-0.05, 0) is 13.5 Å². The van der Waals surface area contributed by atoms with Crippen molar-refractivity contribution in [2.24, 2.45) is 5.73 Å². The molecular formula is C12H18Cl2N4OS2. The van der Waals surface area contributed by atoms with Crippen LogP contribution in [0.1, 0.15) is 26.2 Å². The van der Waals surface area contributed by atoms with Crippen molar-refractivity contribution in [2.45, 2.75) is 19.9 Å². The van der Waals surface area contributed by atoms with Crippen molar-refractivity contribution in [3.05, 3.63) is 32.2 Å². The first-order chi connectivity index (χ1) is 9.10. The Balaban J connectivity index is 0.00000200. The first-order valence-electron chi connectivity index (χ1n) is 5.91. The van der Waals surface area contributed by atoms with E-state index in [-0.39, 0.29) is 30.7 Å². The summed E-state index contributed by atoms with van der Waals surface area (Å²) in [5.74, 6) is -0.0785. The van der Waals surface area contributed by atoms with Crippen LogP contribution in [-0.4, -0.2) is 34.4 Å². The average Bonchev–Trinajstić information content (AvgIpc) is 2.98. The van der Waals surface area contributed by atoms with E-state index in [4.69, 9.17) is 5.73 Å². The fourth-order valence-corrected chi connectivity index (χ4v) is 3.03. The number of aryl methyl sites for hydroxylation is 1. The minimum absolute atomic E-state index is 0. The van der Waals surface area contributed by atoms with E-state index in [1.807, 2.05) is 12.3 Å². The number of thiazole rings is 2. The Kier molecular flexibility index (Phi) is 9.00. The molecule has 0 aliphatic rings. The molecule has 9 heteroatoms. The lowest BCUT2D eigenvalue weighted by Gasteiger charge is -2.14. The smallest absolute Gasteiger partial charge is 0.273 e. The summed E-state index contributed by atoms with van der Waals surface area (Å²) < 4.78 is 0. The molecule has 0 aliphatic heterocycles. The molecular weight excluding hydrogens is 351 g/mol. The standard InChI is InChI=1S/C12H16N4OS2.2ClH/c1-8-14-9(6-18-8)5-16(2)12(17)10-7-19-11(15-10)3-4-13;;/h6-7H,3-5,13H2,1-2H3;2*1H. The summed E-state index contributed by atoms with van der Waals surface area (Å²) >= 11 is 3.07. The van der Waals surface area contributed by atoms with Crippen LogP contribution in [0.3, 0.4) is 0 Å². The SMILES string of the molecule is Cc1nc(CN(C)C(=O)c2csc(CCN)n2)cs1.Cl.Cl. The molecule has 0 bridgehead atoms. The molecule has 2 aromatic heterocycles. The minimum atomic E-state index is -0.0785. The van der Waals surface area contributed by atoms with Crippen molar-refractivity contribution in [3.63, 3.8) is 0 Å². The topological polar surface area (TPSA) is 72.1 Å². The van der Waals surface area contributed by atoms with E-state index in [2.05, 4.69) is 9.97 Å². The van der Waals surface area contributed by atoms with Gasteiger partial charge in [0.05, 0.1) is 22.3 Å². The summed E-state index contributed by atoms with van der Waals surface area (Å²) in [4.78, 5) is 22.5. The minimum Gasteiger partial charge on any atom is -0.334 e. The summed E-state index contributed by atoms with van der Waals surface area (Å²) in [6.45, 7) is 3.01. The van der Waals surface area contributed by atoms with Gasteiger partial charge in [-0.1, -0.05) is 0 Å². The van der Waals surface area contributed by atoms with Gasteiger partial charge in [-0.25, -0.2) is 9.97 Å². The first kappa shape index (κ1) is 20.3. The van der Waals surface area contributed by atoms with Gasteiger partial charge in [-0.3, -0.25) is 4.79 Å². The van der Waals surface area contributed by atoms with Gasteiger partial charge in [0.15, 0.2) is 0 Å². The zero-order chi connectivity index (χ0) is 13.8. The molecule has 0 aliphatic carbocycles. The Morgan fingerprint density at radius 3 is 2.57 bits per heavy atom. The third kappa shape index (κ3) is 5.52. The fourth-order valence-electron chi connectivity index (χ4n) is 1.64. The van der Waals surface area contributed by atoms with Crippen LogP contribution in [0.4, 0.5) is 0 Å². The van der Waals surface area contributed by atoms with E-state index >= 15 is 0 Å². The normalized spacial score (nSPS) is 9.67. The number of amides is 1. The van der Waals surface area contributed by atoms with Crippen LogP contribution in [0.25, 0.3) is 0 Å². The number of rotatable bonds is 5. The first-order valence-corrected chi connectivity index (χ1v) is 7.67. The van der Waals surface area contributed by atoms with E-state index in [0.717, 1.165) is 15.7 Å². The zero-order valence-corrected chi connectivity index (χ0v) is 15.0. The molecule has 0 saturated heterocycles. The Bertz CT molecular complexity index is 573. The maximum Gasteiger partial charge on any atom is 0.273 e. The van der Waals surface area contributed by atoms with Crippen LogP contribution in [0.5, 0.6) is 0 Å². The molecule has 2 aromatic rings. The third-order valence-electron chi connectivity index (χ3n) is 2.54. The molecule has 0 spiro atoms. The number of carbonyl (C=O) groups excluding carboxylic acids is 1. The zero-order valence-electron chi connectivity index (χ0n) is 11.7. The molecule has 0 saturated carbocycles. The predicted molar refractivity (Wildman–Crippen MR) is 92.0 cm³/mol. The summed E-state index contributed by atoms with van der Waals surface area (Å²) in [6, 6.07) is 0. The quantitative estimate of drug-likeness (QED) is 0.879. The van der Waals surface area contributed by atoms with Crippen molar-refractivity contribution in [2.75, 3.05) is 13.6 Å². The van der Waals surface area contributed by atoms with Gasteiger partial charge in [0.25, 0.3) is 5.91 Å². The molecule has 2 heterocycles. The van der Waals surface area contributed by atoms with Gasteiger partial charge in [0.2, 0.25) is 0 Å². The summed E-state index contributed by atoms with van der Waals surface area (Å²) in [6.07, 6.45) is 0.715. The summed E-state index contributed by atoms with van der Waals surface area (Å²) in [5.41, 5.74) is 6.88. The molecule has 2 rings (SSSR count). The summed E-state index contributed by atoms with van der Waals surface area (Å²) in [5, 5.41) is 5.68. The van der Waals surface area contributed by atoms with Crippen molar-refractivity contribution in [1.82, 2.24) is 14.9 Å². The molecule has 0 unspecified atom stereocenters. The molecule has 0 atom stereocenters. The van der Waals surface area contributed by atoms with Gasteiger partial charge in [-0.15, -0.1) is 47.5 Å². The molecule has 21 heavy (non-hydrogen) atoms. The molecule has 0 radical (unpaired) electrons. The Morgan fingerprint density at radius 2 is 2.00 bits per heavy atom. The van der Waals surface area contributed by atoms with Crippen LogP contribution in [0, 0.1) is 6.92 Å². The second kappa shape index (κ2) is 9.32. The van der Waals surface area contributed by atoms with Crippen LogP contribution < -0.4 is 5.73 Å². The number of hydrogen-bond donors (Lipinski definition) is 1. The van der Waals surface area contributed by atoms with Crippen molar-refractivity contribution >= 4 is 53.4 Å². The lowest BCUT2D eigenvalue weighted by Crippen LogP contribution is -2.26. The second-order valence-corrected chi connectivity index (χ2v) is 6.19. The summed E-state index contributed by atoms with van der Waals surface area (Å²) in [7, 11) is 1.76. The molecule has 118 valence electrons. The van der Waals surface area contributed by atoms with E-state index < -0.39 is 0 Å². The van der Waals surface area contributed by atoms with Crippen molar-refractivity contribution in [1.29, 1.82) is 0 Å². The highest BCUT2D eigenvalue weighted by molar-refractivity contribution is 7.10. The molecule has 1 amide bonds. The highest BCUT2D eigenvalue weighted by Gasteiger charge is 2.16. The number of nitrogens with two attached hydrogens (primary N) is 1. The number of hydrogen-bond acceptors (Lipinski definition) is 6. The monoisotopic (exact) mass is 368 g/mol. The largest absolute Gasteiger partial charge is 0.334 e. The van der Waals surface area contributed by atoms with Gasteiger partial charge in [0, 0.05) is 24.2 Å². The molecule has 5 nitrogen and oxygen atoms in total. The van der Waals surface area contributed by atoms with E-state index in [1.54, 1.807) is 28.7 Å². The third-order valence-corrected chi connectivity index (χ3v) is 4.27. The lowest BCUT2D eigenvalue weighted by atomic mass is 10.3. The molecule has 0 aromatic carbocycles. The molecule has 2 N–H and O–H groups in total. The maximum absolute atomic E-state index is 12.2. The predicted octanol–water partition coefficient (Wildman–Crippen LogP) is 2.53. The van der Waals surface area contributed by atoms with E-state index in [9.17, 15) is 4.79 Å². The van der Waals surface area contributed by atoms with Gasteiger partial charge < -0.3 is 10.6 Å². The number of carbonyl (C=O) groups is 1. The Hall–Kier alpha value is -0.730. The van der Waals surface area contributed by atoms with Gasteiger partial charge >= 0.3 is 0 Å². The Morgan fingerprint density at radius 1 is 1.29 bits per heavy atom. The molecule has 0 fully saturated rings. The number of halogens is 2. The maximum atomic E-state index is 12.2. The Labute approximate surface area is 144 Å². The van der Waals surface area contributed by atoms with E-state index in [0.29, 0.717) is 25.2 Å². The average molecular weight is 369 g/mol. The van der Waals surface area contributed by atoms with Gasteiger partial charge in [-0.2, -0.15) is 0 Å². The van der Waals surface area contributed by atoms with E-state index in [1.165, 1.54) is 11.3 Å². The van der Waals surface area contributed by atoms with Crippen molar-refractivity contribution < 1.29 is 4.79 Å². The van der Waals surface area contributed by atoms with Crippen LogP contribution in [-0.2, 0) is 13.0 Å². The highest BCUT2D eigenvalue weighted by Crippen LogP contribution is 2.14. The fraction of sp³-hybridized carbons (Fsp3) is 0.417. The second-order valence-electron chi connectivity index (χ2n) is 4.18. The van der Waals surface area contributed by atoms with Crippen LogP contribution in [0.15, 0.2) is 10.8 Å². The van der Waals surface area contributed by atoms with Crippen LogP contribution in [0.2, 0.25) is 0 Å². The number of aromatic nitrogens is 2. The highest BCUT2D eigenvalue weighted by atomic mass is 35.5. The van der Waals surface area contributed by atoms with Gasteiger partial charge in [0.1, 0.15) is 5.69 Å². The van der Waals surface area contributed by atoms with Crippen LogP contribution >= 0.6 is 47.5 Å². The lowest BCUT2D eigenvalue weighted by molar-refractivity contribution is 0.0778. The van der Waals surface area contributed by atoms with Crippen molar-refractivity contribution in [3.8, 4) is 0 Å².